The van der Waals surface area contributed by atoms with Crippen LogP contribution in [0.25, 0.3) is 10.8 Å². The zero-order chi connectivity index (χ0) is 19.5. The van der Waals surface area contributed by atoms with Crippen LogP contribution in [0.1, 0.15) is 28.8 Å². The zero-order valence-corrected chi connectivity index (χ0v) is 15.1. The number of nitrogens with zero attached hydrogens (tertiary/aromatic N) is 1. The van der Waals surface area contributed by atoms with Crippen molar-refractivity contribution in [2.75, 3.05) is 5.32 Å². The fourth-order valence-corrected chi connectivity index (χ4v) is 2.93. The Balaban J connectivity index is 1.43. The van der Waals surface area contributed by atoms with E-state index in [-0.39, 0.29) is 23.5 Å². The highest BCUT2D eigenvalue weighted by Crippen LogP contribution is 2.30. The molecule has 28 heavy (non-hydrogen) atoms. The Morgan fingerprint density at radius 2 is 1.75 bits per heavy atom. The molecule has 1 aliphatic carbocycles. The van der Waals surface area contributed by atoms with Gasteiger partial charge in [-0.15, -0.1) is 0 Å². The topological polar surface area (TPSA) is 90.8 Å². The van der Waals surface area contributed by atoms with Gasteiger partial charge in [0.05, 0.1) is 6.21 Å². The monoisotopic (exact) mass is 373 g/mol. The lowest BCUT2D eigenvalue weighted by molar-refractivity contribution is -0.117. The van der Waals surface area contributed by atoms with Crippen LogP contribution in [-0.2, 0) is 4.79 Å². The van der Waals surface area contributed by atoms with Crippen molar-refractivity contribution in [3.05, 3.63) is 71.8 Å². The predicted molar refractivity (Wildman–Crippen MR) is 108 cm³/mol. The molecule has 6 heteroatoms. The van der Waals surface area contributed by atoms with Crippen LogP contribution >= 0.6 is 0 Å². The Kier molecular flexibility index (Phi) is 4.76. The summed E-state index contributed by atoms with van der Waals surface area (Å²) >= 11 is 0. The molecule has 3 aromatic rings. The first-order valence-corrected chi connectivity index (χ1v) is 9.07. The van der Waals surface area contributed by atoms with Crippen molar-refractivity contribution >= 4 is 34.5 Å². The lowest BCUT2D eigenvalue weighted by Crippen LogP contribution is -2.18. The maximum Gasteiger partial charge on any atom is 0.271 e. The van der Waals surface area contributed by atoms with Gasteiger partial charge in [0.25, 0.3) is 5.91 Å². The molecule has 0 unspecified atom stereocenters. The van der Waals surface area contributed by atoms with E-state index in [4.69, 9.17) is 0 Å². The van der Waals surface area contributed by atoms with Crippen LogP contribution in [0.3, 0.4) is 0 Å². The van der Waals surface area contributed by atoms with Crippen LogP contribution in [0.15, 0.2) is 65.8 Å². The first-order valence-electron chi connectivity index (χ1n) is 9.07. The predicted octanol–water partition coefficient (Wildman–Crippen LogP) is 3.66. The summed E-state index contributed by atoms with van der Waals surface area (Å²) in [5.41, 5.74) is 4.08. The molecule has 1 saturated carbocycles. The lowest BCUT2D eigenvalue weighted by atomic mass is 10.0. The number of amides is 2. The largest absolute Gasteiger partial charge is 0.507 e. The molecule has 0 bridgehead atoms. The van der Waals surface area contributed by atoms with E-state index in [1.165, 1.54) is 6.21 Å². The number of fused-ring (bicyclic) bond motifs is 1. The summed E-state index contributed by atoms with van der Waals surface area (Å²) in [6.07, 6.45) is 3.31. The van der Waals surface area contributed by atoms with Gasteiger partial charge >= 0.3 is 0 Å². The number of hydrogen-bond donors (Lipinski definition) is 3. The van der Waals surface area contributed by atoms with Crippen molar-refractivity contribution in [2.45, 2.75) is 12.8 Å². The van der Waals surface area contributed by atoms with Crippen LogP contribution in [0.4, 0.5) is 5.69 Å². The number of hydrazone groups is 1. The molecular formula is C22H19N3O3. The van der Waals surface area contributed by atoms with Gasteiger partial charge in [0.1, 0.15) is 5.75 Å². The first-order chi connectivity index (χ1) is 13.6. The van der Waals surface area contributed by atoms with Gasteiger partial charge in [0.15, 0.2) is 0 Å². The van der Waals surface area contributed by atoms with Crippen molar-refractivity contribution in [1.82, 2.24) is 5.43 Å². The number of phenols is 1. The van der Waals surface area contributed by atoms with E-state index in [9.17, 15) is 14.7 Å². The van der Waals surface area contributed by atoms with Gasteiger partial charge in [0, 0.05) is 22.7 Å². The molecule has 1 fully saturated rings. The minimum absolute atomic E-state index is 0.0247. The quantitative estimate of drug-likeness (QED) is 0.471. The van der Waals surface area contributed by atoms with Crippen LogP contribution in [0.2, 0.25) is 0 Å². The summed E-state index contributed by atoms with van der Waals surface area (Å²) in [5.74, 6) is -0.136. The molecular weight excluding hydrogens is 354 g/mol. The molecule has 1 aliphatic rings. The van der Waals surface area contributed by atoms with Gasteiger partial charge in [0.2, 0.25) is 5.91 Å². The number of carbonyl (C=O) groups excluding carboxylic acids is 2. The molecule has 4 rings (SSSR count). The third-order valence-corrected chi connectivity index (χ3v) is 4.67. The van der Waals surface area contributed by atoms with E-state index in [0.29, 0.717) is 16.8 Å². The Labute approximate surface area is 161 Å². The Bertz CT molecular complexity index is 1070. The third-order valence-electron chi connectivity index (χ3n) is 4.67. The summed E-state index contributed by atoms with van der Waals surface area (Å²) in [6, 6.07) is 17.7. The highest BCUT2D eigenvalue weighted by atomic mass is 16.3. The molecule has 3 aromatic carbocycles. The number of aromatic hydroxyl groups is 1. The first kappa shape index (κ1) is 17.7. The second kappa shape index (κ2) is 7.52. The molecule has 0 aliphatic heterocycles. The number of carbonyl (C=O) groups is 2. The summed E-state index contributed by atoms with van der Waals surface area (Å²) in [7, 11) is 0. The van der Waals surface area contributed by atoms with E-state index < -0.39 is 0 Å². The van der Waals surface area contributed by atoms with Gasteiger partial charge in [-0.1, -0.05) is 30.3 Å². The van der Waals surface area contributed by atoms with Crippen molar-refractivity contribution in [3.8, 4) is 5.75 Å². The summed E-state index contributed by atoms with van der Waals surface area (Å²) in [5, 5.41) is 18.7. The minimum Gasteiger partial charge on any atom is -0.507 e. The lowest BCUT2D eigenvalue weighted by Gasteiger charge is -2.06. The van der Waals surface area contributed by atoms with Gasteiger partial charge in [-0.25, -0.2) is 5.43 Å². The van der Waals surface area contributed by atoms with Gasteiger partial charge < -0.3 is 10.4 Å². The number of hydrogen-bond acceptors (Lipinski definition) is 4. The van der Waals surface area contributed by atoms with E-state index >= 15 is 0 Å². The van der Waals surface area contributed by atoms with Gasteiger partial charge in [-0.05, 0) is 53.9 Å². The van der Waals surface area contributed by atoms with Crippen molar-refractivity contribution in [1.29, 1.82) is 0 Å². The van der Waals surface area contributed by atoms with Crippen molar-refractivity contribution in [2.24, 2.45) is 11.0 Å². The number of rotatable bonds is 5. The molecule has 0 radical (unpaired) electrons. The van der Waals surface area contributed by atoms with Crippen LogP contribution in [-0.4, -0.2) is 23.1 Å². The number of anilines is 1. The SMILES string of the molecule is O=C(NN=Cc1c(O)ccc2ccccc12)c1ccc(NC(=O)C2CC2)cc1. The van der Waals surface area contributed by atoms with Crippen LogP contribution in [0, 0.1) is 5.92 Å². The smallest absolute Gasteiger partial charge is 0.271 e. The van der Waals surface area contributed by atoms with Crippen molar-refractivity contribution in [3.63, 3.8) is 0 Å². The van der Waals surface area contributed by atoms with Gasteiger partial charge in [-0.3, -0.25) is 9.59 Å². The number of nitrogens with one attached hydrogen (secondary N) is 2. The molecule has 0 heterocycles. The average Bonchev–Trinajstić information content (AvgIpc) is 3.55. The maximum absolute atomic E-state index is 12.3. The van der Waals surface area contributed by atoms with Gasteiger partial charge in [-0.2, -0.15) is 5.10 Å². The second-order valence-corrected chi connectivity index (χ2v) is 6.76. The molecule has 0 atom stereocenters. The highest BCUT2D eigenvalue weighted by molar-refractivity contribution is 6.03. The summed E-state index contributed by atoms with van der Waals surface area (Å²) in [4.78, 5) is 24.0. The molecule has 6 nitrogen and oxygen atoms in total. The van der Waals surface area contributed by atoms with E-state index in [1.54, 1.807) is 30.3 Å². The number of phenolic OH excluding ortho intramolecular Hbond substituents is 1. The molecule has 140 valence electrons. The standard InChI is InChI=1S/C22H19N3O3/c26-20-12-9-14-3-1-2-4-18(14)19(20)13-23-25-22(28)16-7-10-17(11-8-16)24-21(27)15-5-6-15/h1-4,7-13,15,26H,5-6H2,(H,24,27)(H,25,28). The molecule has 0 saturated heterocycles. The number of benzene rings is 3. The van der Waals surface area contributed by atoms with E-state index in [0.717, 1.165) is 23.6 Å². The Morgan fingerprint density at radius 1 is 1.00 bits per heavy atom. The van der Waals surface area contributed by atoms with Crippen LogP contribution < -0.4 is 10.7 Å². The third kappa shape index (κ3) is 3.86. The summed E-state index contributed by atoms with van der Waals surface area (Å²) in [6.45, 7) is 0. The zero-order valence-electron chi connectivity index (χ0n) is 15.1. The maximum atomic E-state index is 12.3. The fourth-order valence-electron chi connectivity index (χ4n) is 2.93. The fraction of sp³-hybridized carbons (Fsp3) is 0.136. The van der Waals surface area contributed by atoms with E-state index in [2.05, 4.69) is 15.8 Å². The average molecular weight is 373 g/mol. The van der Waals surface area contributed by atoms with Crippen LogP contribution in [0.5, 0.6) is 5.75 Å². The second-order valence-electron chi connectivity index (χ2n) is 6.76. The van der Waals surface area contributed by atoms with E-state index in [1.807, 2.05) is 30.3 Å². The molecule has 0 spiro atoms. The Hall–Kier alpha value is -3.67. The molecule has 2 amide bonds. The van der Waals surface area contributed by atoms with Crippen molar-refractivity contribution < 1.29 is 14.7 Å². The summed E-state index contributed by atoms with van der Waals surface area (Å²) < 4.78 is 0. The molecule has 3 N–H and O–H groups in total. The normalized spacial score (nSPS) is 13.6. The minimum atomic E-state index is -0.379. The molecule has 0 aromatic heterocycles. The highest BCUT2D eigenvalue weighted by Gasteiger charge is 2.29. The Morgan fingerprint density at radius 3 is 2.50 bits per heavy atom.